The van der Waals surface area contributed by atoms with Crippen LogP contribution in [0.3, 0.4) is 0 Å². The lowest BCUT2D eigenvalue weighted by Crippen LogP contribution is -2.56. The van der Waals surface area contributed by atoms with Gasteiger partial charge >= 0.3 is 5.97 Å². The summed E-state index contributed by atoms with van der Waals surface area (Å²) >= 11 is 6.15. The number of rotatable bonds is 2. The summed E-state index contributed by atoms with van der Waals surface area (Å²) in [6.45, 7) is 2.81. The van der Waals surface area contributed by atoms with Crippen LogP contribution in [-0.2, 0) is 9.53 Å². The Morgan fingerprint density at radius 2 is 1.71 bits per heavy atom. The van der Waals surface area contributed by atoms with Gasteiger partial charge in [-0.15, -0.1) is 0 Å². The number of carbonyl (C=O) groups is 2. The molecule has 3 aliphatic rings. The van der Waals surface area contributed by atoms with Gasteiger partial charge in [-0.25, -0.2) is 4.79 Å². The van der Waals surface area contributed by atoms with Gasteiger partial charge in [0.1, 0.15) is 11.5 Å². The van der Waals surface area contributed by atoms with Crippen molar-refractivity contribution in [1.29, 1.82) is 0 Å². The first kappa shape index (κ1) is 20.4. The van der Waals surface area contributed by atoms with Crippen molar-refractivity contribution in [3.05, 3.63) is 64.7 Å². The number of anilines is 1. The van der Waals surface area contributed by atoms with E-state index in [1.54, 1.807) is 6.07 Å². The van der Waals surface area contributed by atoms with Crippen LogP contribution in [0.2, 0.25) is 5.02 Å². The molecule has 1 amide bonds. The topological polar surface area (TPSA) is 49.9 Å². The molecule has 2 aliphatic heterocycles. The number of hydrogen-bond donors (Lipinski definition) is 0. The third kappa shape index (κ3) is 3.69. The molecule has 2 aromatic rings. The Kier molecular flexibility index (Phi) is 5.39. The van der Waals surface area contributed by atoms with E-state index in [0.29, 0.717) is 18.7 Å². The number of nitrogens with zero attached hydrogens (tertiary/aromatic N) is 2. The zero-order valence-corrected chi connectivity index (χ0v) is 18.3. The minimum absolute atomic E-state index is 0.0904. The summed E-state index contributed by atoms with van der Waals surface area (Å²) in [4.78, 5) is 30.9. The fraction of sp³-hybridized carbons (Fsp3) is 0.440. The SMILES string of the molecule is O=C1OC2(CCCCC2)C(C(=O)N2CCN(c3cccc(Cl)c3)CC2)c2ccccc21. The van der Waals surface area contributed by atoms with Gasteiger partial charge in [0.2, 0.25) is 5.91 Å². The van der Waals surface area contributed by atoms with Gasteiger partial charge < -0.3 is 14.5 Å². The maximum Gasteiger partial charge on any atom is 0.339 e. The summed E-state index contributed by atoms with van der Waals surface area (Å²) in [5.41, 5.74) is 1.75. The summed E-state index contributed by atoms with van der Waals surface area (Å²) in [5.74, 6) is -0.612. The van der Waals surface area contributed by atoms with E-state index < -0.39 is 11.5 Å². The maximum absolute atomic E-state index is 13.9. The molecule has 1 unspecified atom stereocenters. The Morgan fingerprint density at radius 3 is 2.45 bits per heavy atom. The van der Waals surface area contributed by atoms with Crippen LogP contribution in [0.15, 0.2) is 48.5 Å². The first-order valence-corrected chi connectivity index (χ1v) is 11.6. The number of halogens is 1. The molecule has 1 spiro atoms. The Bertz CT molecular complexity index is 994. The molecule has 6 heteroatoms. The van der Waals surface area contributed by atoms with Gasteiger partial charge in [0.15, 0.2) is 0 Å². The lowest BCUT2D eigenvalue weighted by molar-refractivity contribution is -0.143. The standard InChI is InChI=1S/C25H27ClN2O3/c26-18-7-6-8-19(17-18)27-13-15-28(16-14-27)23(29)22-20-9-2-3-10-21(20)24(30)31-25(22)11-4-1-5-12-25/h2-3,6-10,17,22H,1,4-5,11-16H2. The summed E-state index contributed by atoms with van der Waals surface area (Å²) in [6, 6.07) is 15.3. The van der Waals surface area contributed by atoms with Crippen molar-refractivity contribution >= 4 is 29.2 Å². The molecule has 0 bridgehead atoms. The largest absolute Gasteiger partial charge is 0.454 e. The first-order chi connectivity index (χ1) is 15.1. The Morgan fingerprint density at radius 1 is 0.968 bits per heavy atom. The average Bonchev–Trinajstić information content (AvgIpc) is 2.80. The van der Waals surface area contributed by atoms with Crippen LogP contribution in [0.5, 0.6) is 0 Å². The van der Waals surface area contributed by atoms with Crippen LogP contribution >= 0.6 is 11.6 Å². The zero-order chi connectivity index (χ0) is 21.4. The van der Waals surface area contributed by atoms with Gasteiger partial charge in [-0.1, -0.05) is 42.3 Å². The monoisotopic (exact) mass is 438 g/mol. The smallest absolute Gasteiger partial charge is 0.339 e. The zero-order valence-electron chi connectivity index (χ0n) is 17.6. The molecule has 162 valence electrons. The highest BCUT2D eigenvalue weighted by atomic mass is 35.5. The van der Waals surface area contributed by atoms with E-state index in [1.807, 2.05) is 41.3 Å². The third-order valence-corrected chi connectivity index (χ3v) is 7.26. The number of amides is 1. The van der Waals surface area contributed by atoms with E-state index in [4.69, 9.17) is 16.3 Å². The molecule has 5 rings (SSSR count). The molecule has 1 aliphatic carbocycles. The van der Waals surface area contributed by atoms with Crippen LogP contribution in [0.4, 0.5) is 5.69 Å². The maximum atomic E-state index is 13.9. The highest BCUT2D eigenvalue weighted by Crippen LogP contribution is 2.48. The van der Waals surface area contributed by atoms with Gasteiger partial charge in [-0.3, -0.25) is 4.79 Å². The van der Waals surface area contributed by atoms with E-state index in [-0.39, 0.29) is 11.9 Å². The second-order valence-electron chi connectivity index (χ2n) is 8.83. The number of esters is 1. The van der Waals surface area contributed by atoms with Gasteiger partial charge in [0.05, 0.1) is 5.56 Å². The Hall–Kier alpha value is -2.53. The van der Waals surface area contributed by atoms with Gasteiger partial charge in [-0.05, 0) is 55.5 Å². The molecule has 2 heterocycles. The molecule has 1 saturated heterocycles. The predicted octanol–water partition coefficient (Wildman–Crippen LogP) is 4.65. The molecule has 0 aromatic heterocycles. The molecular formula is C25H27ClN2O3. The van der Waals surface area contributed by atoms with E-state index >= 15 is 0 Å². The summed E-state index contributed by atoms with van der Waals surface area (Å²) < 4.78 is 6.06. The van der Waals surface area contributed by atoms with Crippen molar-refractivity contribution in [2.75, 3.05) is 31.1 Å². The normalized spacial score (nSPS) is 22.7. The second kappa shape index (κ2) is 8.19. The minimum Gasteiger partial charge on any atom is -0.454 e. The van der Waals surface area contributed by atoms with E-state index in [9.17, 15) is 9.59 Å². The van der Waals surface area contributed by atoms with E-state index in [2.05, 4.69) is 11.0 Å². The van der Waals surface area contributed by atoms with Crippen molar-refractivity contribution in [2.45, 2.75) is 43.6 Å². The second-order valence-corrected chi connectivity index (χ2v) is 9.26. The molecular weight excluding hydrogens is 412 g/mol. The van der Waals surface area contributed by atoms with Crippen molar-refractivity contribution in [3.8, 4) is 0 Å². The Labute approximate surface area is 187 Å². The number of carbonyl (C=O) groups excluding carboxylic acids is 2. The van der Waals surface area contributed by atoms with Crippen LogP contribution in [0.1, 0.15) is 53.9 Å². The van der Waals surface area contributed by atoms with Crippen LogP contribution in [-0.4, -0.2) is 48.6 Å². The highest BCUT2D eigenvalue weighted by molar-refractivity contribution is 6.30. The van der Waals surface area contributed by atoms with Crippen LogP contribution in [0.25, 0.3) is 0 Å². The third-order valence-electron chi connectivity index (χ3n) is 7.03. The van der Waals surface area contributed by atoms with Gasteiger partial charge in [0, 0.05) is 36.9 Å². The first-order valence-electron chi connectivity index (χ1n) is 11.2. The molecule has 0 radical (unpaired) electrons. The van der Waals surface area contributed by atoms with Gasteiger partial charge in [0.25, 0.3) is 0 Å². The predicted molar refractivity (Wildman–Crippen MR) is 121 cm³/mol. The summed E-state index contributed by atoms with van der Waals surface area (Å²) in [6.07, 6.45) is 4.61. The van der Waals surface area contributed by atoms with Crippen molar-refractivity contribution in [1.82, 2.24) is 4.90 Å². The van der Waals surface area contributed by atoms with Crippen molar-refractivity contribution in [2.24, 2.45) is 0 Å². The fourth-order valence-corrected chi connectivity index (χ4v) is 5.64. The van der Waals surface area contributed by atoms with Crippen molar-refractivity contribution in [3.63, 3.8) is 0 Å². The highest BCUT2D eigenvalue weighted by Gasteiger charge is 2.53. The lowest BCUT2D eigenvalue weighted by Gasteiger charge is -2.47. The molecule has 2 aromatic carbocycles. The van der Waals surface area contributed by atoms with Crippen LogP contribution < -0.4 is 4.90 Å². The van der Waals surface area contributed by atoms with E-state index in [1.165, 1.54) is 0 Å². The van der Waals surface area contributed by atoms with Crippen LogP contribution in [0, 0.1) is 0 Å². The minimum atomic E-state index is -0.704. The van der Waals surface area contributed by atoms with Gasteiger partial charge in [-0.2, -0.15) is 0 Å². The molecule has 5 nitrogen and oxygen atoms in total. The molecule has 1 saturated carbocycles. The number of piperazine rings is 1. The fourth-order valence-electron chi connectivity index (χ4n) is 5.46. The molecule has 0 N–H and O–H groups in total. The summed E-state index contributed by atoms with van der Waals surface area (Å²) in [5, 5.41) is 0.718. The van der Waals surface area contributed by atoms with E-state index in [0.717, 1.165) is 61.5 Å². The Balaban J connectivity index is 1.40. The number of ether oxygens (including phenoxy) is 1. The summed E-state index contributed by atoms with van der Waals surface area (Å²) in [7, 11) is 0. The number of fused-ring (bicyclic) bond motifs is 1. The number of benzene rings is 2. The number of hydrogen-bond acceptors (Lipinski definition) is 4. The van der Waals surface area contributed by atoms with Crippen molar-refractivity contribution < 1.29 is 14.3 Å². The average molecular weight is 439 g/mol. The lowest BCUT2D eigenvalue weighted by atomic mass is 9.69. The molecule has 31 heavy (non-hydrogen) atoms. The quantitative estimate of drug-likeness (QED) is 0.640. The molecule has 2 fully saturated rings. The molecule has 1 atom stereocenters.